The molecule has 0 aliphatic heterocycles. The fraction of sp³-hybridized carbons (Fsp3) is 0.312. The van der Waals surface area contributed by atoms with E-state index in [0.717, 1.165) is 11.4 Å². The largest absolute Gasteiger partial charge is 0.380 e. The third-order valence-corrected chi connectivity index (χ3v) is 4.61. The van der Waals surface area contributed by atoms with Crippen LogP contribution in [0.25, 0.3) is 0 Å². The lowest BCUT2D eigenvalue weighted by atomic mass is 9.90. The van der Waals surface area contributed by atoms with Crippen molar-refractivity contribution in [3.63, 3.8) is 0 Å². The molecule has 0 radical (unpaired) electrons. The predicted octanol–water partition coefficient (Wildman–Crippen LogP) is 4.11. The van der Waals surface area contributed by atoms with Crippen LogP contribution in [0.15, 0.2) is 30.3 Å². The van der Waals surface area contributed by atoms with Crippen LogP contribution in [0.4, 0.5) is 5.69 Å². The lowest BCUT2D eigenvalue weighted by Crippen LogP contribution is -2.08. The molecule has 0 saturated carbocycles. The van der Waals surface area contributed by atoms with Crippen LogP contribution in [0.3, 0.4) is 0 Å². The zero-order valence-electron chi connectivity index (χ0n) is 10.8. The van der Waals surface area contributed by atoms with E-state index in [2.05, 4.69) is 29.6 Å². The van der Waals surface area contributed by atoms with E-state index in [1.807, 2.05) is 12.1 Å². The Labute approximate surface area is 117 Å². The van der Waals surface area contributed by atoms with Crippen molar-refractivity contribution in [1.29, 1.82) is 5.26 Å². The number of rotatable bonds is 3. The van der Waals surface area contributed by atoms with E-state index in [1.54, 1.807) is 11.3 Å². The molecule has 0 amide bonds. The quantitative estimate of drug-likeness (QED) is 0.909. The molecule has 0 unspecified atom stereocenters. The number of fused-ring (bicyclic) bond motifs is 1. The van der Waals surface area contributed by atoms with Gasteiger partial charge in [-0.25, -0.2) is 0 Å². The summed E-state index contributed by atoms with van der Waals surface area (Å²) in [6.07, 6.45) is 5.00. The van der Waals surface area contributed by atoms with Crippen LogP contribution in [0.5, 0.6) is 0 Å². The van der Waals surface area contributed by atoms with Crippen LogP contribution in [-0.2, 0) is 19.4 Å². The van der Waals surface area contributed by atoms with E-state index >= 15 is 0 Å². The number of nitrogens with zero attached hydrogens (tertiary/aromatic N) is 1. The van der Waals surface area contributed by atoms with Gasteiger partial charge in [-0.05, 0) is 55.0 Å². The molecular formula is C16H16N2S. The van der Waals surface area contributed by atoms with Crippen LogP contribution < -0.4 is 5.32 Å². The molecule has 2 aromatic rings. The molecule has 0 saturated heterocycles. The Hall–Kier alpha value is -1.79. The number of hydrogen-bond donors (Lipinski definition) is 1. The second-order valence-electron chi connectivity index (χ2n) is 4.88. The fourth-order valence-corrected chi connectivity index (χ4v) is 3.41. The van der Waals surface area contributed by atoms with Crippen molar-refractivity contribution in [1.82, 2.24) is 0 Å². The Morgan fingerprint density at radius 1 is 1.16 bits per heavy atom. The predicted molar refractivity (Wildman–Crippen MR) is 79.4 cm³/mol. The summed E-state index contributed by atoms with van der Waals surface area (Å²) in [6.45, 7) is 0.808. The number of anilines is 1. The summed E-state index contributed by atoms with van der Waals surface area (Å²) in [5.74, 6) is 0. The number of nitrogens with one attached hydrogen (secondary N) is 1. The molecule has 1 aromatic heterocycles. The molecule has 1 heterocycles. The van der Waals surface area contributed by atoms with Crippen molar-refractivity contribution in [3.05, 3.63) is 51.2 Å². The van der Waals surface area contributed by atoms with Gasteiger partial charge in [-0.1, -0.05) is 12.1 Å². The zero-order chi connectivity index (χ0) is 13.1. The Bertz CT molecular complexity index is 622. The molecule has 3 heteroatoms. The zero-order valence-corrected chi connectivity index (χ0v) is 11.6. The van der Waals surface area contributed by atoms with Gasteiger partial charge in [0, 0.05) is 17.1 Å². The highest BCUT2D eigenvalue weighted by molar-refractivity contribution is 7.12. The summed E-state index contributed by atoms with van der Waals surface area (Å²) < 4.78 is 0. The maximum atomic E-state index is 8.83. The number of thiophene rings is 1. The molecule has 0 fully saturated rings. The first-order valence-corrected chi connectivity index (χ1v) is 7.52. The molecule has 1 aliphatic carbocycles. The Morgan fingerprint density at radius 2 is 2.05 bits per heavy atom. The maximum absolute atomic E-state index is 8.83. The second-order valence-corrected chi connectivity index (χ2v) is 6.05. The molecule has 3 rings (SSSR count). The maximum Gasteiger partial charge on any atom is 0.110 e. The summed E-state index contributed by atoms with van der Waals surface area (Å²) in [5, 5.41) is 12.4. The van der Waals surface area contributed by atoms with Crippen molar-refractivity contribution in [3.8, 4) is 6.07 Å². The van der Waals surface area contributed by atoms with Gasteiger partial charge in [0.05, 0.1) is 0 Å². The van der Waals surface area contributed by atoms with Crippen molar-refractivity contribution in [2.24, 2.45) is 0 Å². The van der Waals surface area contributed by atoms with Crippen LogP contribution in [-0.4, -0.2) is 0 Å². The van der Waals surface area contributed by atoms with Gasteiger partial charge in [0.25, 0.3) is 0 Å². The highest BCUT2D eigenvalue weighted by Gasteiger charge is 2.12. The summed E-state index contributed by atoms with van der Waals surface area (Å²) in [6, 6.07) is 12.7. The normalized spacial score (nSPS) is 13.6. The molecule has 1 aromatic carbocycles. The van der Waals surface area contributed by atoms with Gasteiger partial charge < -0.3 is 5.32 Å². The van der Waals surface area contributed by atoms with Crippen molar-refractivity contribution in [2.75, 3.05) is 5.32 Å². The van der Waals surface area contributed by atoms with E-state index < -0.39 is 0 Å². The average Bonchev–Trinajstić information content (AvgIpc) is 2.93. The fourth-order valence-electron chi connectivity index (χ4n) is 2.66. The highest BCUT2D eigenvalue weighted by Crippen LogP contribution is 2.28. The number of hydrogen-bond acceptors (Lipinski definition) is 3. The molecule has 0 atom stereocenters. The number of nitriles is 1. The van der Waals surface area contributed by atoms with Gasteiger partial charge in [0.2, 0.25) is 0 Å². The van der Waals surface area contributed by atoms with Gasteiger partial charge >= 0.3 is 0 Å². The molecule has 2 nitrogen and oxygen atoms in total. The summed E-state index contributed by atoms with van der Waals surface area (Å²) in [5.41, 5.74) is 4.26. The first kappa shape index (κ1) is 12.3. The first-order chi connectivity index (χ1) is 9.36. The molecule has 1 N–H and O–H groups in total. The van der Waals surface area contributed by atoms with Gasteiger partial charge in [0.1, 0.15) is 10.9 Å². The van der Waals surface area contributed by atoms with Crippen LogP contribution >= 0.6 is 11.3 Å². The molecule has 1 aliphatic rings. The van der Waals surface area contributed by atoms with Gasteiger partial charge in [-0.3, -0.25) is 0 Å². The average molecular weight is 268 g/mol. The smallest absolute Gasteiger partial charge is 0.110 e. The Balaban J connectivity index is 1.75. The van der Waals surface area contributed by atoms with Crippen molar-refractivity contribution < 1.29 is 0 Å². The van der Waals surface area contributed by atoms with Crippen LogP contribution in [0.2, 0.25) is 0 Å². The second kappa shape index (κ2) is 5.46. The van der Waals surface area contributed by atoms with Gasteiger partial charge in [0.15, 0.2) is 0 Å². The molecule has 0 bridgehead atoms. The number of benzene rings is 1. The third kappa shape index (κ3) is 2.64. The lowest BCUT2D eigenvalue weighted by molar-refractivity contribution is 0.686. The Morgan fingerprint density at radius 3 is 2.89 bits per heavy atom. The van der Waals surface area contributed by atoms with Crippen LogP contribution in [0, 0.1) is 11.3 Å². The SMILES string of the molecule is N#Cc1ccc(CNc2cccc3c2CCCC3)s1. The summed E-state index contributed by atoms with van der Waals surface area (Å²) >= 11 is 1.57. The standard InChI is InChI=1S/C16H16N2S/c17-10-13-8-9-14(19-13)11-18-16-7-3-5-12-4-1-2-6-15(12)16/h3,5,7-9,18H,1-2,4,6,11H2. The topological polar surface area (TPSA) is 35.8 Å². The van der Waals surface area contributed by atoms with Gasteiger partial charge in [-0.2, -0.15) is 5.26 Å². The number of aryl methyl sites for hydroxylation is 1. The molecular weight excluding hydrogens is 252 g/mol. The minimum absolute atomic E-state index is 0.784. The molecule has 96 valence electrons. The van der Waals surface area contributed by atoms with Gasteiger partial charge in [-0.15, -0.1) is 11.3 Å². The minimum Gasteiger partial charge on any atom is -0.380 e. The van der Waals surface area contributed by atoms with E-state index in [0.29, 0.717) is 0 Å². The van der Waals surface area contributed by atoms with E-state index in [9.17, 15) is 0 Å². The lowest BCUT2D eigenvalue weighted by Gasteiger charge is -2.19. The van der Waals surface area contributed by atoms with Crippen molar-refractivity contribution in [2.45, 2.75) is 32.2 Å². The van der Waals surface area contributed by atoms with E-state index in [1.165, 1.54) is 47.4 Å². The van der Waals surface area contributed by atoms with Crippen molar-refractivity contribution >= 4 is 17.0 Å². The molecule has 19 heavy (non-hydrogen) atoms. The highest BCUT2D eigenvalue weighted by atomic mass is 32.1. The minimum atomic E-state index is 0.784. The Kier molecular flexibility index (Phi) is 3.52. The van der Waals surface area contributed by atoms with E-state index in [-0.39, 0.29) is 0 Å². The van der Waals surface area contributed by atoms with E-state index in [4.69, 9.17) is 5.26 Å². The monoisotopic (exact) mass is 268 g/mol. The summed E-state index contributed by atoms with van der Waals surface area (Å²) in [4.78, 5) is 2.00. The first-order valence-electron chi connectivity index (χ1n) is 6.70. The third-order valence-electron chi connectivity index (χ3n) is 3.62. The molecule has 0 spiro atoms. The summed E-state index contributed by atoms with van der Waals surface area (Å²) in [7, 11) is 0. The van der Waals surface area contributed by atoms with Crippen LogP contribution in [0.1, 0.15) is 33.7 Å².